The molecule has 3 N–H and O–H groups in total. The van der Waals surface area contributed by atoms with Crippen LogP contribution >= 0.6 is 0 Å². The first-order valence-electron chi connectivity index (χ1n) is 7.03. The van der Waals surface area contributed by atoms with Crippen molar-refractivity contribution in [2.75, 3.05) is 6.54 Å². The number of hydrogen-bond acceptors (Lipinski definition) is 2. The van der Waals surface area contributed by atoms with Crippen LogP contribution in [0.25, 0.3) is 0 Å². The predicted octanol–water partition coefficient (Wildman–Crippen LogP) is 3.13. The summed E-state index contributed by atoms with van der Waals surface area (Å²) < 4.78 is 26.9. The molecule has 0 amide bonds. The average molecular weight is 268 g/mol. The van der Waals surface area contributed by atoms with E-state index < -0.39 is 5.82 Å². The lowest BCUT2D eigenvalue weighted by atomic mass is 9.84. The van der Waals surface area contributed by atoms with E-state index in [1.54, 1.807) is 0 Å². The number of halogens is 2. The van der Waals surface area contributed by atoms with Crippen LogP contribution < -0.4 is 11.1 Å². The van der Waals surface area contributed by atoms with Gasteiger partial charge in [0.25, 0.3) is 0 Å². The lowest BCUT2D eigenvalue weighted by Crippen LogP contribution is -2.43. The van der Waals surface area contributed by atoms with E-state index in [0.29, 0.717) is 24.1 Å². The summed E-state index contributed by atoms with van der Waals surface area (Å²) in [5.41, 5.74) is 6.18. The van der Waals surface area contributed by atoms with E-state index in [0.717, 1.165) is 18.9 Å². The van der Waals surface area contributed by atoms with Gasteiger partial charge in [-0.1, -0.05) is 12.8 Å². The standard InChI is InChI=1S/C15H22F2N2/c1-10(13-8-12(16)6-7-14(13)17)19-15-5-3-2-4-11(15)9-18/h6-8,10-11,15,19H,2-5,9,18H2,1H3. The van der Waals surface area contributed by atoms with E-state index in [2.05, 4.69) is 5.32 Å². The molecule has 1 fully saturated rings. The lowest BCUT2D eigenvalue weighted by molar-refractivity contribution is 0.250. The Morgan fingerprint density at radius 1 is 1.32 bits per heavy atom. The Balaban J connectivity index is 2.07. The minimum atomic E-state index is -0.399. The van der Waals surface area contributed by atoms with E-state index in [1.165, 1.54) is 25.0 Å². The van der Waals surface area contributed by atoms with Crippen LogP contribution in [0, 0.1) is 17.6 Å². The van der Waals surface area contributed by atoms with Crippen LogP contribution in [-0.4, -0.2) is 12.6 Å². The quantitative estimate of drug-likeness (QED) is 0.880. The molecule has 106 valence electrons. The van der Waals surface area contributed by atoms with Gasteiger partial charge < -0.3 is 11.1 Å². The molecule has 0 saturated heterocycles. The summed E-state index contributed by atoms with van der Waals surface area (Å²) >= 11 is 0. The lowest BCUT2D eigenvalue weighted by Gasteiger charge is -2.34. The van der Waals surface area contributed by atoms with Crippen molar-refractivity contribution in [3.05, 3.63) is 35.4 Å². The zero-order chi connectivity index (χ0) is 13.8. The van der Waals surface area contributed by atoms with Crippen molar-refractivity contribution in [2.45, 2.75) is 44.7 Å². The smallest absolute Gasteiger partial charge is 0.128 e. The molecule has 3 unspecified atom stereocenters. The fourth-order valence-electron chi connectivity index (χ4n) is 2.97. The van der Waals surface area contributed by atoms with Crippen molar-refractivity contribution < 1.29 is 8.78 Å². The highest BCUT2D eigenvalue weighted by Crippen LogP contribution is 2.27. The summed E-state index contributed by atoms with van der Waals surface area (Å²) in [7, 11) is 0. The van der Waals surface area contributed by atoms with Crippen molar-refractivity contribution in [1.82, 2.24) is 5.32 Å². The normalized spacial score (nSPS) is 25.3. The van der Waals surface area contributed by atoms with Crippen molar-refractivity contribution in [3.8, 4) is 0 Å². The van der Waals surface area contributed by atoms with Gasteiger partial charge in [0.05, 0.1) is 0 Å². The van der Waals surface area contributed by atoms with Crippen LogP contribution in [0.5, 0.6) is 0 Å². The van der Waals surface area contributed by atoms with Crippen LogP contribution in [0.15, 0.2) is 18.2 Å². The highest BCUT2D eigenvalue weighted by molar-refractivity contribution is 5.22. The summed E-state index contributed by atoms with van der Waals surface area (Å²) in [6.45, 7) is 2.52. The maximum atomic E-state index is 13.7. The molecule has 0 aromatic heterocycles. The summed E-state index contributed by atoms with van der Waals surface area (Å²) in [5.74, 6) is -0.321. The van der Waals surface area contributed by atoms with Crippen molar-refractivity contribution >= 4 is 0 Å². The third kappa shape index (κ3) is 3.51. The van der Waals surface area contributed by atoms with Gasteiger partial charge in [-0.2, -0.15) is 0 Å². The SMILES string of the molecule is CC(NC1CCCCC1CN)c1cc(F)ccc1F. The number of nitrogens with one attached hydrogen (secondary N) is 1. The Kier molecular flexibility index (Phi) is 4.88. The Morgan fingerprint density at radius 2 is 2.05 bits per heavy atom. The third-order valence-electron chi connectivity index (χ3n) is 4.10. The molecule has 2 rings (SSSR count). The zero-order valence-electron chi connectivity index (χ0n) is 11.3. The van der Waals surface area contributed by atoms with Gasteiger partial charge in [-0.3, -0.25) is 0 Å². The monoisotopic (exact) mass is 268 g/mol. The summed E-state index contributed by atoms with van der Waals surface area (Å²) in [6, 6.07) is 3.70. The minimum absolute atomic E-state index is 0.201. The van der Waals surface area contributed by atoms with E-state index in [4.69, 9.17) is 5.73 Å². The van der Waals surface area contributed by atoms with Gasteiger partial charge in [-0.15, -0.1) is 0 Å². The second kappa shape index (κ2) is 6.44. The number of rotatable bonds is 4. The fraction of sp³-hybridized carbons (Fsp3) is 0.600. The Morgan fingerprint density at radius 3 is 2.79 bits per heavy atom. The molecule has 19 heavy (non-hydrogen) atoms. The summed E-state index contributed by atoms with van der Waals surface area (Å²) in [4.78, 5) is 0. The van der Waals surface area contributed by atoms with Gasteiger partial charge in [-0.05, 0) is 50.4 Å². The molecule has 1 saturated carbocycles. The highest BCUT2D eigenvalue weighted by Gasteiger charge is 2.26. The molecule has 1 aliphatic carbocycles. The first-order valence-corrected chi connectivity index (χ1v) is 7.03. The molecule has 0 bridgehead atoms. The predicted molar refractivity (Wildman–Crippen MR) is 72.7 cm³/mol. The van der Waals surface area contributed by atoms with Crippen molar-refractivity contribution in [2.24, 2.45) is 11.7 Å². The van der Waals surface area contributed by atoms with E-state index in [-0.39, 0.29) is 11.9 Å². The van der Waals surface area contributed by atoms with Crippen LogP contribution in [0.4, 0.5) is 8.78 Å². The molecule has 0 radical (unpaired) electrons. The molecule has 2 nitrogen and oxygen atoms in total. The average Bonchev–Trinajstić information content (AvgIpc) is 2.42. The molecule has 1 aromatic carbocycles. The zero-order valence-corrected chi connectivity index (χ0v) is 11.3. The van der Waals surface area contributed by atoms with Crippen molar-refractivity contribution in [3.63, 3.8) is 0 Å². The third-order valence-corrected chi connectivity index (χ3v) is 4.10. The molecular weight excluding hydrogens is 246 g/mol. The second-order valence-electron chi connectivity index (χ2n) is 5.44. The molecule has 3 atom stereocenters. The molecule has 0 aliphatic heterocycles. The maximum Gasteiger partial charge on any atom is 0.128 e. The van der Waals surface area contributed by atoms with Crippen LogP contribution in [0.1, 0.15) is 44.2 Å². The van der Waals surface area contributed by atoms with Gasteiger partial charge in [0.1, 0.15) is 11.6 Å². The van der Waals surface area contributed by atoms with Gasteiger partial charge in [0, 0.05) is 17.6 Å². The second-order valence-corrected chi connectivity index (χ2v) is 5.44. The molecule has 4 heteroatoms. The van der Waals surface area contributed by atoms with Gasteiger partial charge in [0.15, 0.2) is 0 Å². The van der Waals surface area contributed by atoms with Crippen molar-refractivity contribution in [1.29, 1.82) is 0 Å². The van der Waals surface area contributed by atoms with E-state index in [1.807, 2.05) is 6.92 Å². The minimum Gasteiger partial charge on any atom is -0.330 e. The number of hydrogen-bond donors (Lipinski definition) is 2. The molecule has 1 aromatic rings. The summed E-state index contributed by atoms with van der Waals surface area (Å²) in [6.07, 6.45) is 4.56. The molecule has 1 aliphatic rings. The number of benzene rings is 1. The topological polar surface area (TPSA) is 38.0 Å². The highest BCUT2D eigenvalue weighted by atomic mass is 19.1. The summed E-state index contributed by atoms with van der Waals surface area (Å²) in [5, 5.41) is 3.42. The molecular formula is C15H22F2N2. The largest absolute Gasteiger partial charge is 0.330 e. The molecule has 0 heterocycles. The van der Waals surface area contributed by atoms with Crippen LogP contribution in [-0.2, 0) is 0 Å². The Bertz CT molecular complexity index is 423. The van der Waals surface area contributed by atoms with Gasteiger partial charge in [0.2, 0.25) is 0 Å². The number of nitrogens with two attached hydrogens (primary N) is 1. The van der Waals surface area contributed by atoms with Crippen LogP contribution in [0.2, 0.25) is 0 Å². The van der Waals surface area contributed by atoms with Gasteiger partial charge >= 0.3 is 0 Å². The Labute approximate surface area is 113 Å². The maximum absolute atomic E-state index is 13.7. The Hall–Kier alpha value is -1.00. The first-order chi connectivity index (χ1) is 9.11. The van der Waals surface area contributed by atoms with Gasteiger partial charge in [-0.25, -0.2) is 8.78 Å². The van der Waals surface area contributed by atoms with E-state index >= 15 is 0 Å². The van der Waals surface area contributed by atoms with Crippen LogP contribution in [0.3, 0.4) is 0 Å². The van der Waals surface area contributed by atoms with E-state index in [9.17, 15) is 8.78 Å². The molecule has 0 spiro atoms. The fourth-order valence-corrected chi connectivity index (χ4v) is 2.97. The first kappa shape index (κ1) is 14.4.